The average molecular weight is 469 g/mol. The van der Waals surface area contributed by atoms with E-state index in [1.165, 1.54) is 30.1 Å². The minimum atomic E-state index is -0.446. The number of hydrogen-bond acceptors (Lipinski definition) is 9. The van der Waals surface area contributed by atoms with Gasteiger partial charge in [-0.1, -0.05) is 0 Å². The van der Waals surface area contributed by atoms with Crippen molar-refractivity contribution in [2.45, 2.75) is 19.9 Å². The van der Waals surface area contributed by atoms with Gasteiger partial charge in [-0.25, -0.2) is 4.98 Å². The van der Waals surface area contributed by atoms with Crippen molar-refractivity contribution in [3.63, 3.8) is 0 Å². The summed E-state index contributed by atoms with van der Waals surface area (Å²) < 4.78 is 18.3. The minimum Gasteiger partial charge on any atom is -0.491 e. The lowest BCUT2D eigenvalue weighted by Gasteiger charge is -2.26. The summed E-state index contributed by atoms with van der Waals surface area (Å²) in [6, 6.07) is 4.93. The Morgan fingerprint density at radius 2 is 2.03 bits per heavy atom. The zero-order valence-electron chi connectivity index (χ0n) is 19.3. The van der Waals surface area contributed by atoms with E-state index in [0.29, 0.717) is 41.1 Å². The molecule has 1 aromatic carbocycles. The van der Waals surface area contributed by atoms with Gasteiger partial charge in [-0.2, -0.15) is 10.2 Å². The Balaban J connectivity index is 1.58. The second kappa shape index (κ2) is 11.0. The molecule has 180 valence electrons. The summed E-state index contributed by atoms with van der Waals surface area (Å²) in [7, 11) is 1.50. The maximum Gasteiger partial charge on any atom is 0.262 e. The van der Waals surface area contributed by atoms with Crippen LogP contribution >= 0.6 is 0 Å². The van der Waals surface area contributed by atoms with Crippen LogP contribution in [-0.2, 0) is 11.3 Å². The molecule has 11 heteroatoms. The number of fused-ring (bicyclic) bond motifs is 1. The van der Waals surface area contributed by atoms with E-state index in [-0.39, 0.29) is 11.5 Å². The van der Waals surface area contributed by atoms with Crippen LogP contribution in [0.1, 0.15) is 23.7 Å². The summed E-state index contributed by atoms with van der Waals surface area (Å²) in [5, 5.41) is 10.5. The molecule has 1 N–H and O–H groups in total. The van der Waals surface area contributed by atoms with E-state index in [2.05, 4.69) is 25.4 Å². The summed E-state index contributed by atoms with van der Waals surface area (Å²) in [5.41, 5.74) is 0.343. The van der Waals surface area contributed by atoms with Gasteiger partial charge in [0.25, 0.3) is 11.5 Å². The molecule has 3 heterocycles. The summed E-state index contributed by atoms with van der Waals surface area (Å²) in [6.07, 6.45) is 3.60. The van der Waals surface area contributed by atoms with Crippen LogP contribution in [0, 0.1) is 0 Å². The molecule has 4 rings (SSSR count). The van der Waals surface area contributed by atoms with Gasteiger partial charge in [0.1, 0.15) is 5.52 Å². The lowest BCUT2D eigenvalue weighted by atomic mass is 10.2. The summed E-state index contributed by atoms with van der Waals surface area (Å²) in [5.74, 6) is 0.515. The van der Waals surface area contributed by atoms with E-state index >= 15 is 0 Å². The number of ether oxygens (including phenoxy) is 3. The highest BCUT2D eigenvalue weighted by Crippen LogP contribution is 2.34. The number of carbonyl (C=O) groups excluding carboxylic acids is 1. The first-order valence-corrected chi connectivity index (χ1v) is 11.2. The number of nitrogens with one attached hydrogen (secondary N) is 1. The van der Waals surface area contributed by atoms with Crippen molar-refractivity contribution in [3.05, 3.63) is 46.5 Å². The van der Waals surface area contributed by atoms with Crippen LogP contribution in [0.2, 0.25) is 0 Å². The molecule has 0 spiro atoms. The van der Waals surface area contributed by atoms with E-state index < -0.39 is 5.91 Å². The van der Waals surface area contributed by atoms with Gasteiger partial charge in [-0.05, 0) is 31.5 Å². The number of nitrogens with zero attached hydrogens (tertiary/aromatic N) is 5. The predicted octanol–water partition coefficient (Wildman–Crippen LogP) is 1.57. The van der Waals surface area contributed by atoms with Gasteiger partial charge >= 0.3 is 0 Å². The summed E-state index contributed by atoms with van der Waals surface area (Å²) in [4.78, 5) is 32.7. The molecule has 0 radical (unpaired) electrons. The first-order valence-electron chi connectivity index (χ1n) is 11.2. The van der Waals surface area contributed by atoms with E-state index in [1.54, 1.807) is 12.1 Å². The Bertz CT molecular complexity index is 1190. The molecule has 1 aliphatic heterocycles. The Labute approximate surface area is 196 Å². The average Bonchev–Trinajstić information content (AvgIpc) is 2.87. The predicted molar refractivity (Wildman–Crippen MR) is 126 cm³/mol. The molecule has 0 aliphatic carbocycles. The maximum atomic E-state index is 13.2. The van der Waals surface area contributed by atoms with E-state index in [0.717, 1.165) is 39.3 Å². The number of hydrogen-bond donors (Lipinski definition) is 1. The highest BCUT2D eigenvalue weighted by atomic mass is 16.5. The summed E-state index contributed by atoms with van der Waals surface area (Å²) >= 11 is 0. The lowest BCUT2D eigenvalue weighted by Crippen LogP contribution is -2.37. The minimum absolute atomic E-state index is 0.115. The Hall–Kier alpha value is -3.57. The first kappa shape index (κ1) is 23.6. The Morgan fingerprint density at radius 3 is 2.74 bits per heavy atom. The Morgan fingerprint density at radius 1 is 1.21 bits per heavy atom. The largest absolute Gasteiger partial charge is 0.491 e. The van der Waals surface area contributed by atoms with Gasteiger partial charge in [-0.3, -0.25) is 24.4 Å². The normalized spacial score (nSPS) is 14.2. The lowest BCUT2D eigenvalue weighted by molar-refractivity contribution is 0.0357. The number of benzene rings is 1. The molecule has 3 aromatic rings. The van der Waals surface area contributed by atoms with E-state index in [9.17, 15) is 9.59 Å². The molecule has 0 atom stereocenters. The number of rotatable bonds is 9. The topological polar surface area (TPSA) is 121 Å². The molecule has 0 unspecified atom stereocenters. The number of carbonyl (C=O) groups is 1. The third-order valence-electron chi connectivity index (χ3n) is 5.62. The highest BCUT2D eigenvalue weighted by molar-refractivity contribution is 6.03. The van der Waals surface area contributed by atoms with Gasteiger partial charge < -0.3 is 14.2 Å². The fourth-order valence-electron chi connectivity index (χ4n) is 3.84. The SMILES string of the molecule is CCn1c(NC(=O)c2ccnnc2)nc2c(OC)c(OCCCN3CCOCC3)ccc2c1=O. The van der Waals surface area contributed by atoms with Crippen molar-refractivity contribution in [2.24, 2.45) is 0 Å². The zero-order chi connectivity index (χ0) is 23.9. The van der Waals surface area contributed by atoms with Crippen molar-refractivity contribution in [2.75, 3.05) is 51.9 Å². The molecule has 0 bridgehead atoms. The monoisotopic (exact) mass is 468 g/mol. The fourth-order valence-corrected chi connectivity index (χ4v) is 3.84. The van der Waals surface area contributed by atoms with Gasteiger partial charge in [0.2, 0.25) is 5.95 Å². The smallest absolute Gasteiger partial charge is 0.262 e. The van der Waals surface area contributed by atoms with Gasteiger partial charge in [0, 0.05) is 26.2 Å². The van der Waals surface area contributed by atoms with E-state index in [4.69, 9.17) is 14.2 Å². The quantitative estimate of drug-likeness (QED) is 0.467. The van der Waals surface area contributed by atoms with Crippen LogP contribution in [0.3, 0.4) is 0 Å². The highest BCUT2D eigenvalue weighted by Gasteiger charge is 2.19. The van der Waals surface area contributed by atoms with Crippen LogP contribution in [0.25, 0.3) is 10.9 Å². The number of amides is 1. The number of anilines is 1. The molecule has 1 saturated heterocycles. The van der Waals surface area contributed by atoms with Crippen LogP contribution in [-0.4, -0.2) is 77.1 Å². The molecule has 1 fully saturated rings. The first-order chi connectivity index (χ1) is 16.6. The molecule has 34 heavy (non-hydrogen) atoms. The molecular weight excluding hydrogens is 440 g/mol. The standard InChI is InChI=1S/C23H28N6O5/c1-3-29-22(31)17-5-6-18(34-12-4-9-28-10-13-33-14-11-28)20(32-2)19(17)26-23(29)27-21(30)16-7-8-24-25-15-16/h5-8,15H,3-4,9-14H2,1-2H3,(H,26,27,30). The fraction of sp³-hybridized carbons (Fsp3) is 0.435. The van der Waals surface area contributed by atoms with Gasteiger partial charge in [0.05, 0.1) is 50.3 Å². The molecule has 1 aliphatic rings. The van der Waals surface area contributed by atoms with Gasteiger partial charge in [0.15, 0.2) is 11.5 Å². The van der Waals surface area contributed by atoms with Crippen LogP contribution in [0.15, 0.2) is 35.4 Å². The molecule has 1 amide bonds. The van der Waals surface area contributed by atoms with E-state index in [1.807, 2.05) is 6.92 Å². The number of methoxy groups -OCH3 is 1. The summed E-state index contributed by atoms with van der Waals surface area (Å²) in [6.45, 7) is 6.92. The molecule has 2 aromatic heterocycles. The van der Waals surface area contributed by atoms with Crippen LogP contribution < -0.4 is 20.3 Å². The molecule has 0 saturated carbocycles. The van der Waals surface area contributed by atoms with Gasteiger partial charge in [-0.15, -0.1) is 0 Å². The van der Waals surface area contributed by atoms with Crippen LogP contribution in [0.4, 0.5) is 5.95 Å². The number of morpholine rings is 1. The molecule has 11 nitrogen and oxygen atoms in total. The molecular formula is C23H28N6O5. The third-order valence-corrected chi connectivity index (χ3v) is 5.62. The van der Waals surface area contributed by atoms with Crippen LogP contribution in [0.5, 0.6) is 11.5 Å². The van der Waals surface area contributed by atoms with Crippen molar-refractivity contribution in [1.82, 2.24) is 24.6 Å². The van der Waals surface area contributed by atoms with Crippen molar-refractivity contribution >= 4 is 22.8 Å². The third kappa shape index (κ3) is 5.15. The Kier molecular flexibility index (Phi) is 7.65. The number of aromatic nitrogens is 4. The maximum absolute atomic E-state index is 13.2. The second-order valence-electron chi connectivity index (χ2n) is 7.72. The van der Waals surface area contributed by atoms with Crippen molar-refractivity contribution in [3.8, 4) is 11.5 Å². The zero-order valence-corrected chi connectivity index (χ0v) is 19.3. The van der Waals surface area contributed by atoms with Crippen molar-refractivity contribution in [1.29, 1.82) is 0 Å². The second-order valence-corrected chi connectivity index (χ2v) is 7.72. The van der Waals surface area contributed by atoms with Crippen molar-refractivity contribution < 1.29 is 19.0 Å².